The van der Waals surface area contributed by atoms with Gasteiger partial charge in [-0.1, -0.05) is 564 Å². The molecule has 27 aromatic rings. The Hall–Kier alpha value is -18.2. The predicted molar refractivity (Wildman–Crippen MR) is 607 cm³/mol. The van der Waals surface area contributed by atoms with Crippen molar-refractivity contribution in [1.82, 2.24) is 0 Å². The maximum absolute atomic E-state index is 2.39. The summed E-state index contributed by atoms with van der Waals surface area (Å²) in [6, 6.07) is 213. The van der Waals surface area contributed by atoms with Crippen LogP contribution < -0.4 is 0 Å². The third kappa shape index (κ3) is 15.0. The van der Waals surface area contributed by atoms with Crippen molar-refractivity contribution in [3.05, 3.63) is 627 Å². The first-order valence-corrected chi connectivity index (χ1v) is 49.3. The van der Waals surface area contributed by atoms with Crippen LogP contribution in [0, 0.1) is 0 Å². The number of fused-ring (bicyclic) bond motifs is 12. The van der Waals surface area contributed by atoms with E-state index in [1.54, 1.807) is 0 Å². The smallest absolute Gasteiger partial charge is 0.0622 e. The Morgan fingerprint density at radius 3 is 0.662 bits per heavy atom. The Labute approximate surface area is 828 Å². The fourth-order valence-electron chi connectivity index (χ4n) is 23.4. The lowest BCUT2D eigenvalue weighted by Gasteiger charge is -2.37. The van der Waals surface area contributed by atoms with Crippen molar-refractivity contribution in [3.63, 3.8) is 0 Å². The van der Waals surface area contributed by atoms with Gasteiger partial charge in [-0.15, -0.1) is 0 Å². The first-order valence-electron chi connectivity index (χ1n) is 49.3. The highest BCUT2D eigenvalue weighted by molar-refractivity contribution is 6.28. The molecule has 0 atom stereocenters. The van der Waals surface area contributed by atoms with Crippen molar-refractivity contribution in [2.24, 2.45) is 0 Å². The molecule has 0 aromatic heterocycles. The quantitative estimate of drug-likeness (QED) is 0.0545. The molecule has 0 saturated carbocycles. The maximum Gasteiger partial charge on any atom is 0.0701 e. The second-order valence-electron chi connectivity index (χ2n) is 37.3. The van der Waals surface area contributed by atoms with Crippen molar-refractivity contribution in [1.29, 1.82) is 0 Å². The lowest BCUT2D eigenvalue weighted by molar-refractivity contribution is 0.745. The molecule has 27 aromatic carbocycles. The Balaban J connectivity index is 0.000000118. The minimum Gasteiger partial charge on any atom is -0.0622 e. The zero-order valence-corrected chi connectivity index (χ0v) is 78.4. The molecule has 0 aliphatic carbocycles. The molecule has 0 nitrogen and oxygen atoms in total. The van der Waals surface area contributed by atoms with Crippen molar-refractivity contribution >= 4 is 118 Å². The van der Waals surface area contributed by atoms with Gasteiger partial charge in [0.1, 0.15) is 0 Å². The lowest BCUT2D eigenvalue weighted by Crippen LogP contribution is -2.30. The van der Waals surface area contributed by atoms with E-state index in [2.05, 4.69) is 582 Å². The zero-order valence-electron chi connectivity index (χ0n) is 78.4. The molecule has 27 rings (SSSR count). The van der Waals surface area contributed by atoms with Crippen LogP contribution in [0.2, 0.25) is 0 Å². The monoisotopic (exact) mass is 1800 g/mol. The summed E-state index contributed by atoms with van der Waals surface area (Å²) in [5, 5.41) is 28.0. The van der Waals surface area contributed by atoms with Crippen molar-refractivity contribution in [2.75, 3.05) is 0 Å². The minimum absolute atomic E-state index is 0.512. The largest absolute Gasteiger partial charge is 0.0701 e. The normalized spacial score (nSPS) is 11.7. The van der Waals surface area contributed by atoms with Gasteiger partial charge in [0, 0.05) is 0 Å². The van der Waals surface area contributed by atoms with Gasteiger partial charge in [0.2, 0.25) is 0 Å². The summed E-state index contributed by atoms with van der Waals surface area (Å²) in [5.74, 6) is 0. The van der Waals surface area contributed by atoms with E-state index in [4.69, 9.17) is 0 Å². The van der Waals surface area contributed by atoms with Crippen molar-refractivity contribution in [2.45, 2.75) is 10.8 Å². The van der Waals surface area contributed by atoms with Crippen LogP contribution in [0.15, 0.2) is 582 Å². The highest BCUT2D eigenvalue weighted by atomic mass is 14.4. The molecular weight excluding hydrogens is 1710 g/mol. The summed E-state index contributed by atoms with van der Waals surface area (Å²) >= 11 is 0. The Morgan fingerprint density at radius 1 is 0.0915 bits per heavy atom. The third-order valence-electron chi connectivity index (χ3n) is 29.6. The zero-order chi connectivity index (χ0) is 94.3. The first kappa shape index (κ1) is 85.5. The third-order valence-corrected chi connectivity index (χ3v) is 29.6. The summed E-state index contributed by atoms with van der Waals surface area (Å²) in [6.07, 6.45) is 0. The predicted octanol–water partition coefficient (Wildman–Crippen LogP) is 38.2. The SMILES string of the molecule is c1ccc(C(c2ccccc2)(c2ccccc2)c2ccc(-c3c4ccccc4c(-c4ccc(C(c5ccccc5)(c5ccccc5)c5ccccc5)cc4)c4ccccc34)cc2)cc1.c1ccc2c(-c3c4ccccc4c(-c4cc5ccccc5c5ccccc45)c4ccccc34)cccc2c1.c1ccc2cc(-c3ccc(-c4c5ccccc5c(-c5ccc6ccccc6c5)c5ccccc45)cc3)ccc2c1. The van der Waals surface area contributed by atoms with Gasteiger partial charge >= 0.3 is 0 Å². The van der Waals surface area contributed by atoms with E-state index in [0.717, 1.165) is 0 Å². The van der Waals surface area contributed by atoms with Crippen molar-refractivity contribution < 1.29 is 0 Å². The maximum atomic E-state index is 2.39. The molecule has 0 aliphatic rings. The van der Waals surface area contributed by atoms with E-state index in [9.17, 15) is 0 Å². The van der Waals surface area contributed by atoms with Crippen molar-refractivity contribution in [3.8, 4) is 77.9 Å². The van der Waals surface area contributed by atoms with E-state index >= 15 is 0 Å². The van der Waals surface area contributed by atoms with E-state index < -0.39 is 10.8 Å². The fraction of sp³-hybridized carbons (Fsp3) is 0.0141. The highest BCUT2D eigenvalue weighted by Crippen LogP contribution is 2.54. The molecule has 0 fully saturated rings. The Morgan fingerprint density at radius 2 is 0.310 bits per heavy atom. The summed E-state index contributed by atoms with van der Waals surface area (Å²) in [5.41, 5.74) is 26.5. The summed E-state index contributed by atoms with van der Waals surface area (Å²) in [6.45, 7) is 0. The molecule has 142 heavy (non-hydrogen) atoms. The van der Waals surface area contributed by atoms with Crippen LogP contribution >= 0.6 is 0 Å². The van der Waals surface area contributed by atoms with Gasteiger partial charge in [0.05, 0.1) is 10.8 Å². The van der Waals surface area contributed by atoms with Crippen LogP contribution in [0.5, 0.6) is 0 Å². The van der Waals surface area contributed by atoms with E-state index in [-0.39, 0.29) is 0 Å². The number of hydrogen-bond acceptors (Lipinski definition) is 0. The Kier molecular flexibility index (Phi) is 22.3. The summed E-state index contributed by atoms with van der Waals surface area (Å²) < 4.78 is 0. The molecule has 0 N–H and O–H groups in total. The first-order chi connectivity index (χ1) is 70.5. The molecule has 0 heterocycles. The molecule has 0 radical (unpaired) electrons. The minimum atomic E-state index is -0.512. The van der Waals surface area contributed by atoms with Gasteiger partial charge < -0.3 is 0 Å². The van der Waals surface area contributed by atoms with E-state index in [1.165, 1.54) is 241 Å². The Bertz CT molecular complexity index is 8800. The average molecular weight is 1800 g/mol. The van der Waals surface area contributed by atoms with Gasteiger partial charge in [-0.3, -0.25) is 0 Å². The molecule has 0 aliphatic heterocycles. The lowest BCUT2D eigenvalue weighted by atomic mass is 9.65. The second-order valence-corrected chi connectivity index (χ2v) is 37.3. The van der Waals surface area contributed by atoms with Gasteiger partial charge in [-0.25, -0.2) is 0 Å². The van der Waals surface area contributed by atoms with Crippen LogP contribution in [-0.2, 0) is 10.8 Å². The molecule has 0 bridgehead atoms. The molecule has 0 saturated heterocycles. The van der Waals surface area contributed by atoms with Gasteiger partial charge in [0.15, 0.2) is 0 Å². The standard InChI is InChI=1S/C64H46.C40H26.C38H24/c1-7-23-49(24-8-1)63(50-25-9-2-10-26-50,51-27-11-3-12-28-51)55-43-39-47(40-44-55)61-57-35-19-21-37-59(57)62(60-38-22-20-36-58(60)61)48-41-45-56(46-42-48)64(52-29-13-4-14-30-52,53-31-15-5-16-32-53)54-33-17-6-18-34-54;1-3-11-31-25-33(23-19-27(31)9-1)29-17-21-30(22-18-29)39-35-13-5-7-15-37(35)40(38-16-8-6-14-36(38)39)34-24-20-28-10-2-4-12-32(28)26-34;1-3-15-27-25(12-1)14-11-23-31(27)37-32-19-7-9-21-34(32)38(35-22-10-8-20-33(35)37)36-24-26-13-2-4-16-28(26)29-17-5-6-18-30(29)36/h1-46H;1-26H;1-24H. The molecule has 664 valence electrons. The van der Waals surface area contributed by atoms with Crippen LogP contribution in [0.1, 0.15) is 44.5 Å². The number of rotatable bonds is 15. The molecule has 0 amide bonds. The highest BCUT2D eigenvalue weighted by Gasteiger charge is 2.40. The summed E-state index contributed by atoms with van der Waals surface area (Å²) in [7, 11) is 0. The summed E-state index contributed by atoms with van der Waals surface area (Å²) in [4.78, 5) is 0. The molecule has 0 spiro atoms. The van der Waals surface area contributed by atoms with Gasteiger partial charge in [-0.05, 0) is 259 Å². The van der Waals surface area contributed by atoms with Crippen LogP contribution in [0.25, 0.3) is 196 Å². The molecule has 0 heteroatoms. The van der Waals surface area contributed by atoms with Crippen LogP contribution in [0.3, 0.4) is 0 Å². The second kappa shape index (κ2) is 37.0. The van der Waals surface area contributed by atoms with Crippen LogP contribution in [-0.4, -0.2) is 0 Å². The number of hydrogen-bond donors (Lipinski definition) is 0. The topological polar surface area (TPSA) is 0 Å². The molecular formula is C142H96. The number of benzene rings is 27. The molecule has 0 unspecified atom stereocenters. The van der Waals surface area contributed by atoms with Gasteiger partial charge in [-0.2, -0.15) is 0 Å². The van der Waals surface area contributed by atoms with Crippen LogP contribution in [0.4, 0.5) is 0 Å². The van der Waals surface area contributed by atoms with E-state index in [1.807, 2.05) is 0 Å². The van der Waals surface area contributed by atoms with Gasteiger partial charge in [0.25, 0.3) is 0 Å². The average Bonchev–Trinajstić information content (AvgIpc) is 0.723. The fourth-order valence-corrected chi connectivity index (χ4v) is 23.4. The van der Waals surface area contributed by atoms with E-state index in [0.29, 0.717) is 0 Å².